The summed E-state index contributed by atoms with van der Waals surface area (Å²) in [7, 11) is 0. The zero-order chi connectivity index (χ0) is 28.2. The first-order valence-electron chi connectivity index (χ1n) is 17.8. The van der Waals surface area contributed by atoms with Crippen LogP contribution >= 0.6 is 0 Å². The van der Waals surface area contributed by atoms with Crippen molar-refractivity contribution in [1.82, 2.24) is 4.98 Å². The van der Waals surface area contributed by atoms with Gasteiger partial charge in [0.25, 0.3) is 0 Å². The van der Waals surface area contributed by atoms with Gasteiger partial charge in [-0.25, -0.2) is 0 Å². The van der Waals surface area contributed by atoms with Gasteiger partial charge in [0.2, 0.25) is 0 Å². The van der Waals surface area contributed by atoms with Crippen molar-refractivity contribution in [3.8, 4) is 0 Å². The van der Waals surface area contributed by atoms with Crippen molar-refractivity contribution in [3.05, 3.63) is 42.1 Å². The summed E-state index contributed by atoms with van der Waals surface area (Å²) in [5.74, 6) is 0. The Hall–Kier alpha value is -1.41. The first-order valence-corrected chi connectivity index (χ1v) is 17.8. The van der Waals surface area contributed by atoms with E-state index in [0.717, 1.165) is 12.1 Å². The molecule has 0 aliphatic carbocycles. The van der Waals surface area contributed by atoms with E-state index in [0.29, 0.717) is 6.61 Å². The fourth-order valence-electron chi connectivity index (χ4n) is 5.98. The standard InChI is InChI=1S/C38H65NO/c1-2-3-4-5-6-7-8-9-10-11-12-13-14-15-16-17-18-19-20-21-22-23-24-25-26-29-34-40-35-36-32-33-39-38-31-28-27-30-37(36)38/h27-28,30-33H,2-26,29,34-35H2,1H3. The summed E-state index contributed by atoms with van der Waals surface area (Å²) in [6.07, 6.45) is 39.3. The van der Waals surface area contributed by atoms with E-state index in [-0.39, 0.29) is 0 Å². The van der Waals surface area contributed by atoms with Crippen LogP contribution in [0, 0.1) is 0 Å². The third-order valence-electron chi connectivity index (χ3n) is 8.64. The SMILES string of the molecule is CCCCCCCCCCCCCCCCCCCCCCCCCCCCOCc1ccnc2ccccc12. The zero-order valence-corrected chi connectivity index (χ0v) is 26.6. The van der Waals surface area contributed by atoms with Crippen LogP contribution in [0.1, 0.15) is 179 Å². The molecule has 1 heterocycles. The number of rotatable bonds is 29. The van der Waals surface area contributed by atoms with E-state index in [9.17, 15) is 0 Å². The predicted octanol–water partition coefficient (Wildman–Crippen LogP) is 12.9. The molecular weight excluding hydrogens is 486 g/mol. The molecule has 2 nitrogen and oxygen atoms in total. The lowest BCUT2D eigenvalue weighted by molar-refractivity contribution is 0.117. The van der Waals surface area contributed by atoms with Gasteiger partial charge in [-0.3, -0.25) is 4.98 Å². The molecule has 2 heteroatoms. The average molecular weight is 552 g/mol. The molecule has 0 amide bonds. The quantitative estimate of drug-likeness (QED) is 0.0938. The van der Waals surface area contributed by atoms with Gasteiger partial charge in [-0.15, -0.1) is 0 Å². The molecule has 0 atom stereocenters. The normalized spacial score (nSPS) is 11.5. The monoisotopic (exact) mass is 552 g/mol. The topological polar surface area (TPSA) is 22.1 Å². The van der Waals surface area contributed by atoms with Crippen LogP contribution in [0.15, 0.2) is 36.5 Å². The Labute approximate surface area is 249 Å². The molecule has 0 fully saturated rings. The number of nitrogens with zero attached hydrogens (tertiary/aromatic N) is 1. The fraction of sp³-hybridized carbons (Fsp3) is 0.763. The second kappa shape index (κ2) is 26.5. The van der Waals surface area contributed by atoms with E-state index in [1.54, 1.807) is 0 Å². The number of unbranched alkanes of at least 4 members (excludes halogenated alkanes) is 25. The number of pyridine rings is 1. The van der Waals surface area contributed by atoms with E-state index < -0.39 is 0 Å². The molecule has 0 saturated carbocycles. The molecule has 0 spiro atoms. The highest BCUT2D eigenvalue weighted by molar-refractivity contribution is 5.81. The van der Waals surface area contributed by atoms with E-state index in [4.69, 9.17) is 4.74 Å². The van der Waals surface area contributed by atoms with Gasteiger partial charge >= 0.3 is 0 Å². The van der Waals surface area contributed by atoms with E-state index in [1.165, 1.54) is 178 Å². The molecule has 1 aromatic carbocycles. The van der Waals surface area contributed by atoms with Gasteiger partial charge in [0, 0.05) is 18.2 Å². The Bertz CT molecular complexity index is 798. The van der Waals surface area contributed by atoms with Gasteiger partial charge in [0.15, 0.2) is 0 Å². The molecule has 0 radical (unpaired) electrons. The van der Waals surface area contributed by atoms with Crippen LogP contribution < -0.4 is 0 Å². The van der Waals surface area contributed by atoms with Gasteiger partial charge in [-0.2, -0.15) is 0 Å². The lowest BCUT2D eigenvalue weighted by Crippen LogP contribution is -1.97. The number of fused-ring (bicyclic) bond motifs is 1. The van der Waals surface area contributed by atoms with Crippen molar-refractivity contribution in [2.45, 2.75) is 180 Å². The minimum absolute atomic E-state index is 0.697. The van der Waals surface area contributed by atoms with Crippen molar-refractivity contribution in [1.29, 1.82) is 0 Å². The van der Waals surface area contributed by atoms with Crippen LogP contribution in [-0.2, 0) is 11.3 Å². The number of hydrogen-bond acceptors (Lipinski definition) is 2. The van der Waals surface area contributed by atoms with Crippen LogP contribution in [0.25, 0.3) is 10.9 Å². The Kier molecular flexibility index (Phi) is 23.0. The van der Waals surface area contributed by atoms with Crippen molar-refractivity contribution in [2.75, 3.05) is 6.61 Å². The minimum Gasteiger partial charge on any atom is -0.377 e. The molecule has 2 rings (SSSR count). The summed E-state index contributed by atoms with van der Waals surface area (Å²) in [6.45, 7) is 3.87. The molecule has 228 valence electrons. The summed E-state index contributed by atoms with van der Waals surface area (Å²) in [4.78, 5) is 4.43. The lowest BCUT2D eigenvalue weighted by atomic mass is 10.0. The number of hydrogen-bond donors (Lipinski definition) is 0. The van der Waals surface area contributed by atoms with Crippen LogP contribution in [-0.4, -0.2) is 11.6 Å². The summed E-state index contributed by atoms with van der Waals surface area (Å²) in [5.41, 5.74) is 2.31. The van der Waals surface area contributed by atoms with Gasteiger partial charge in [-0.05, 0) is 24.1 Å². The zero-order valence-electron chi connectivity index (χ0n) is 26.6. The summed E-state index contributed by atoms with van der Waals surface area (Å²) < 4.78 is 5.95. The van der Waals surface area contributed by atoms with Crippen molar-refractivity contribution >= 4 is 10.9 Å². The molecule has 0 aliphatic rings. The van der Waals surface area contributed by atoms with Gasteiger partial charge in [-0.1, -0.05) is 186 Å². The molecule has 40 heavy (non-hydrogen) atoms. The summed E-state index contributed by atoms with van der Waals surface area (Å²) >= 11 is 0. The van der Waals surface area contributed by atoms with Crippen LogP contribution in [0.2, 0.25) is 0 Å². The summed E-state index contributed by atoms with van der Waals surface area (Å²) in [6, 6.07) is 10.4. The van der Waals surface area contributed by atoms with Crippen LogP contribution in [0.3, 0.4) is 0 Å². The van der Waals surface area contributed by atoms with Crippen molar-refractivity contribution in [3.63, 3.8) is 0 Å². The van der Waals surface area contributed by atoms with Crippen LogP contribution in [0.4, 0.5) is 0 Å². The molecule has 2 aromatic rings. The van der Waals surface area contributed by atoms with E-state index in [2.05, 4.69) is 36.2 Å². The minimum atomic E-state index is 0.697. The lowest BCUT2D eigenvalue weighted by Gasteiger charge is -2.07. The summed E-state index contributed by atoms with van der Waals surface area (Å²) in [5, 5.41) is 1.22. The predicted molar refractivity (Wildman–Crippen MR) is 177 cm³/mol. The third kappa shape index (κ3) is 18.8. The fourth-order valence-corrected chi connectivity index (χ4v) is 5.98. The maximum atomic E-state index is 5.95. The highest BCUT2D eigenvalue weighted by Crippen LogP contribution is 2.18. The number of aromatic nitrogens is 1. The molecule has 0 bridgehead atoms. The van der Waals surface area contributed by atoms with Crippen molar-refractivity contribution < 1.29 is 4.74 Å². The maximum Gasteiger partial charge on any atom is 0.0723 e. The molecule has 0 N–H and O–H groups in total. The molecule has 0 aliphatic heterocycles. The molecular formula is C38H65NO. The first-order chi connectivity index (χ1) is 19.9. The number of ether oxygens (including phenoxy) is 1. The first kappa shape index (κ1) is 34.8. The molecule has 1 aromatic heterocycles. The van der Waals surface area contributed by atoms with E-state index >= 15 is 0 Å². The molecule has 0 saturated heterocycles. The Morgan fingerprint density at radius 1 is 0.475 bits per heavy atom. The second-order valence-electron chi connectivity index (χ2n) is 12.4. The highest BCUT2D eigenvalue weighted by atomic mass is 16.5. The van der Waals surface area contributed by atoms with Crippen LogP contribution in [0.5, 0.6) is 0 Å². The maximum absolute atomic E-state index is 5.95. The Morgan fingerprint density at radius 2 is 0.875 bits per heavy atom. The highest BCUT2D eigenvalue weighted by Gasteiger charge is 2.01. The number of benzene rings is 1. The van der Waals surface area contributed by atoms with Crippen molar-refractivity contribution in [2.24, 2.45) is 0 Å². The number of para-hydroxylation sites is 1. The van der Waals surface area contributed by atoms with Gasteiger partial charge < -0.3 is 4.74 Å². The van der Waals surface area contributed by atoms with Gasteiger partial charge in [0.1, 0.15) is 0 Å². The smallest absolute Gasteiger partial charge is 0.0723 e. The largest absolute Gasteiger partial charge is 0.377 e. The third-order valence-corrected chi connectivity index (χ3v) is 8.64. The van der Waals surface area contributed by atoms with E-state index in [1.807, 2.05) is 12.3 Å². The second-order valence-corrected chi connectivity index (χ2v) is 12.4. The van der Waals surface area contributed by atoms with Gasteiger partial charge in [0.05, 0.1) is 12.1 Å². The Morgan fingerprint density at radius 3 is 1.32 bits per heavy atom. The Balaban J connectivity index is 1.21. The average Bonchev–Trinajstić information content (AvgIpc) is 2.98. The molecule has 0 unspecified atom stereocenters.